The van der Waals surface area contributed by atoms with Crippen LogP contribution in [0.1, 0.15) is 35.7 Å². The fourth-order valence-corrected chi connectivity index (χ4v) is 1.72. The number of hydrogen-bond donors (Lipinski definition) is 0. The summed E-state index contributed by atoms with van der Waals surface area (Å²) >= 11 is 0. The lowest BCUT2D eigenvalue weighted by Crippen LogP contribution is -2.08. The quantitative estimate of drug-likeness (QED) is 0.346. The predicted octanol–water partition coefficient (Wildman–Crippen LogP) is 3.04. The molecule has 0 aliphatic carbocycles. The van der Waals surface area contributed by atoms with Crippen molar-refractivity contribution in [1.82, 2.24) is 0 Å². The molecule has 20 heavy (non-hydrogen) atoms. The largest absolute Gasteiger partial charge is 0.498 e. The van der Waals surface area contributed by atoms with Gasteiger partial charge < -0.3 is 9.47 Å². The molecule has 1 unspecified atom stereocenters. The van der Waals surface area contributed by atoms with Gasteiger partial charge in [0.2, 0.25) is 0 Å². The van der Waals surface area contributed by atoms with Crippen LogP contribution in [0.25, 0.3) is 0 Å². The van der Waals surface area contributed by atoms with Crippen LogP contribution >= 0.6 is 0 Å². The van der Waals surface area contributed by atoms with E-state index in [0.717, 1.165) is 0 Å². The number of esters is 1. The number of allylic oxidation sites excluding steroid dienone is 1. The molecular formula is C14H17NO5. The summed E-state index contributed by atoms with van der Waals surface area (Å²) in [5.74, 6) is -0.255. The van der Waals surface area contributed by atoms with Gasteiger partial charge in [0.1, 0.15) is 0 Å². The molecule has 0 aromatic heterocycles. The topological polar surface area (TPSA) is 78.7 Å². The summed E-state index contributed by atoms with van der Waals surface area (Å²) in [5, 5.41) is 11.1. The Morgan fingerprint density at radius 2 is 2.15 bits per heavy atom. The maximum atomic E-state index is 11.4. The molecule has 1 atom stereocenters. The van der Waals surface area contributed by atoms with Gasteiger partial charge in [0, 0.05) is 17.5 Å². The van der Waals surface area contributed by atoms with Gasteiger partial charge in [-0.05, 0) is 13.0 Å². The van der Waals surface area contributed by atoms with Gasteiger partial charge >= 0.3 is 5.97 Å². The Morgan fingerprint density at radius 1 is 1.50 bits per heavy atom. The summed E-state index contributed by atoms with van der Waals surface area (Å²) in [7, 11) is 1.23. The molecule has 108 valence electrons. The van der Waals surface area contributed by atoms with Crippen LogP contribution in [-0.2, 0) is 9.47 Å². The number of carbonyl (C=O) groups is 1. The third-order valence-corrected chi connectivity index (χ3v) is 2.76. The summed E-state index contributed by atoms with van der Waals surface area (Å²) in [6.45, 7) is 7.41. The van der Waals surface area contributed by atoms with Crippen LogP contribution in [0.15, 0.2) is 30.5 Å². The van der Waals surface area contributed by atoms with E-state index in [-0.39, 0.29) is 23.8 Å². The molecule has 6 heteroatoms. The van der Waals surface area contributed by atoms with E-state index in [1.165, 1.54) is 19.2 Å². The van der Waals surface area contributed by atoms with E-state index in [1.54, 1.807) is 13.0 Å². The molecule has 1 rings (SSSR count). The first-order valence-corrected chi connectivity index (χ1v) is 6.01. The van der Waals surface area contributed by atoms with Crippen molar-refractivity contribution in [3.05, 3.63) is 51.8 Å². The molecule has 0 amide bonds. The standard InChI is InChI=1S/C14H17NO5/c1-9(2)20-8-10(3)12-6-5-11(14(16)19-4)7-13(12)15(17)18/h5-7,10H,1,8H2,2-4H3. The zero-order valence-corrected chi connectivity index (χ0v) is 11.7. The van der Waals surface area contributed by atoms with Crippen LogP contribution in [0.5, 0.6) is 0 Å². The zero-order chi connectivity index (χ0) is 15.3. The minimum Gasteiger partial charge on any atom is -0.498 e. The second-order valence-electron chi connectivity index (χ2n) is 4.44. The monoisotopic (exact) mass is 279 g/mol. The molecule has 1 aromatic rings. The van der Waals surface area contributed by atoms with Crippen molar-refractivity contribution in [3.8, 4) is 0 Å². The molecular weight excluding hydrogens is 262 g/mol. The van der Waals surface area contributed by atoms with Crippen molar-refractivity contribution >= 4 is 11.7 Å². The van der Waals surface area contributed by atoms with E-state index in [1.807, 2.05) is 6.92 Å². The highest BCUT2D eigenvalue weighted by Crippen LogP contribution is 2.28. The normalized spacial score (nSPS) is 11.6. The highest BCUT2D eigenvalue weighted by atomic mass is 16.6. The number of nitro groups is 1. The average Bonchev–Trinajstić information content (AvgIpc) is 2.43. The van der Waals surface area contributed by atoms with E-state index in [4.69, 9.17) is 4.74 Å². The molecule has 0 N–H and O–H groups in total. The van der Waals surface area contributed by atoms with Crippen molar-refractivity contribution in [2.45, 2.75) is 19.8 Å². The lowest BCUT2D eigenvalue weighted by atomic mass is 9.98. The highest BCUT2D eigenvalue weighted by molar-refractivity contribution is 5.90. The summed E-state index contributed by atoms with van der Waals surface area (Å²) in [6.07, 6.45) is 0. The average molecular weight is 279 g/mol. The van der Waals surface area contributed by atoms with E-state index >= 15 is 0 Å². The van der Waals surface area contributed by atoms with Crippen LogP contribution in [0.3, 0.4) is 0 Å². The van der Waals surface area contributed by atoms with Crippen molar-refractivity contribution < 1.29 is 19.2 Å². The molecule has 0 aliphatic rings. The van der Waals surface area contributed by atoms with Gasteiger partial charge in [-0.15, -0.1) is 0 Å². The van der Waals surface area contributed by atoms with Gasteiger partial charge in [-0.1, -0.05) is 19.6 Å². The zero-order valence-electron chi connectivity index (χ0n) is 11.7. The predicted molar refractivity (Wildman–Crippen MR) is 73.6 cm³/mol. The third kappa shape index (κ3) is 3.81. The van der Waals surface area contributed by atoms with Gasteiger partial charge in [-0.3, -0.25) is 10.1 Å². The Kier molecular flexibility index (Phi) is 5.25. The Morgan fingerprint density at radius 3 is 2.65 bits per heavy atom. The molecule has 0 saturated heterocycles. The second kappa shape index (κ2) is 6.70. The fourth-order valence-electron chi connectivity index (χ4n) is 1.72. The Labute approximate surface area is 117 Å². The Balaban J connectivity index is 3.10. The molecule has 0 aliphatic heterocycles. The van der Waals surface area contributed by atoms with E-state index in [2.05, 4.69) is 11.3 Å². The molecule has 0 heterocycles. The number of nitrogens with zero attached hydrogens (tertiary/aromatic N) is 1. The SMILES string of the molecule is C=C(C)OCC(C)c1ccc(C(=O)OC)cc1[N+](=O)[O-]. The number of ether oxygens (including phenoxy) is 2. The number of carbonyl (C=O) groups excluding carboxylic acids is 1. The molecule has 0 bridgehead atoms. The lowest BCUT2D eigenvalue weighted by molar-refractivity contribution is -0.385. The summed E-state index contributed by atoms with van der Waals surface area (Å²) < 4.78 is 9.84. The van der Waals surface area contributed by atoms with Gasteiger partial charge in [0.15, 0.2) is 0 Å². The molecule has 6 nitrogen and oxygen atoms in total. The maximum Gasteiger partial charge on any atom is 0.338 e. The Bertz CT molecular complexity index is 538. The van der Waals surface area contributed by atoms with Crippen molar-refractivity contribution in [3.63, 3.8) is 0 Å². The van der Waals surface area contributed by atoms with Crippen LogP contribution in [0, 0.1) is 10.1 Å². The third-order valence-electron chi connectivity index (χ3n) is 2.76. The van der Waals surface area contributed by atoms with E-state index in [0.29, 0.717) is 11.3 Å². The van der Waals surface area contributed by atoms with E-state index in [9.17, 15) is 14.9 Å². The number of benzene rings is 1. The lowest BCUT2D eigenvalue weighted by Gasteiger charge is -2.14. The van der Waals surface area contributed by atoms with E-state index < -0.39 is 10.9 Å². The van der Waals surface area contributed by atoms with Crippen molar-refractivity contribution in [2.24, 2.45) is 0 Å². The first-order chi connectivity index (χ1) is 9.36. The smallest absolute Gasteiger partial charge is 0.338 e. The van der Waals surface area contributed by atoms with Crippen LogP contribution in [0.4, 0.5) is 5.69 Å². The first kappa shape index (κ1) is 15.7. The number of nitro benzene ring substituents is 1. The second-order valence-corrected chi connectivity index (χ2v) is 4.44. The van der Waals surface area contributed by atoms with Crippen LogP contribution in [0.2, 0.25) is 0 Å². The minimum absolute atomic E-state index is 0.120. The molecule has 1 aromatic carbocycles. The minimum atomic E-state index is -0.606. The summed E-state index contributed by atoms with van der Waals surface area (Å²) in [6, 6.07) is 4.28. The van der Waals surface area contributed by atoms with Crippen molar-refractivity contribution in [2.75, 3.05) is 13.7 Å². The van der Waals surface area contributed by atoms with Gasteiger partial charge in [-0.2, -0.15) is 0 Å². The molecule has 0 spiro atoms. The molecule has 0 saturated carbocycles. The van der Waals surface area contributed by atoms with Crippen LogP contribution < -0.4 is 0 Å². The van der Waals surface area contributed by atoms with Crippen molar-refractivity contribution in [1.29, 1.82) is 0 Å². The van der Waals surface area contributed by atoms with Gasteiger partial charge in [-0.25, -0.2) is 4.79 Å². The summed E-state index contributed by atoms with van der Waals surface area (Å²) in [4.78, 5) is 22.0. The maximum absolute atomic E-state index is 11.4. The first-order valence-electron chi connectivity index (χ1n) is 6.01. The van der Waals surface area contributed by atoms with Gasteiger partial charge in [0.25, 0.3) is 5.69 Å². The van der Waals surface area contributed by atoms with Gasteiger partial charge in [0.05, 0.1) is 30.0 Å². The number of rotatable bonds is 6. The molecule has 0 radical (unpaired) electrons. The number of methoxy groups -OCH3 is 1. The number of hydrogen-bond acceptors (Lipinski definition) is 5. The van der Waals surface area contributed by atoms with Crippen LogP contribution in [-0.4, -0.2) is 24.6 Å². The fraction of sp³-hybridized carbons (Fsp3) is 0.357. The highest BCUT2D eigenvalue weighted by Gasteiger charge is 2.22. The Hall–Kier alpha value is -2.37. The summed E-state index contributed by atoms with van der Waals surface area (Å²) in [5.41, 5.74) is 0.533. The molecule has 0 fully saturated rings.